The highest BCUT2D eigenvalue weighted by molar-refractivity contribution is 7.89. The molecule has 0 radical (unpaired) electrons. The van der Waals surface area contributed by atoms with Gasteiger partial charge in [0.05, 0.1) is 21.4 Å². The molecule has 1 heterocycles. The molecule has 0 atom stereocenters. The van der Waals surface area contributed by atoms with Crippen LogP contribution < -0.4 is 0 Å². The van der Waals surface area contributed by atoms with Crippen LogP contribution >= 0.6 is 0 Å². The van der Waals surface area contributed by atoms with Crippen molar-refractivity contribution in [1.82, 2.24) is 8.61 Å². The number of benzene rings is 2. The molecular weight excluding hydrogens is 422 g/mol. The molecule has 0 aromatic heterocycles. The molecular formula is C21H23N3O4S2. The molecule has 0 N–H and O–H groups in total. The minimum Gasteiger partial charge on any atom is -0.207 e. The number of hydrogen-bond donors (Lipinski definition) is 0. The number of rotatable bonds is 4. The average Bonchev–Trinajstić information content (AvgIpc) is 2.78. The van der Waals surface area contributed by atoms with E-state index < -0.39 is 20.0 Å². The molecule has 1 fully saturated rings. The zero-order valence-corrected chi connectivity index (χ0v) is 18.1. The van der Waals surface area contributed by atoms with Gasteiger partial charge in [0.15, 0.2) is 0 Å². The number of hydrogen-bond acceptors (Lipinski definition) is 5. The first-order valence-corrected chi connectivity index (χ1v) is 12.8. The molecule has 30 heavy (non-hydrogen) atoms. The van der Waals surface area contributed by atoms with E-state index in [0.29, 0.717) is 5.56 Å². The average molecular weight is 446 g/mol. The second-order valence-electron chi connectivity index (χ2n) is 7.58. The Bertz CT molecular complexity index is 1190. The van der Waals surface area contributed by atoms with Gasteiger partial charge < -0.3 is 0 Å². The summed E-state index contributed by atoms with van der Waals surface area (Å²) in [7, 11) is -7.39. The topological polar surface area (TPSA) is 98.5 Å². The summed E-state index contributed by atoms with van der Waals surface area (Å²) < 4.78 is 54.6. The van der Waals surface area contributed by atoms with E-state index >= 15 is 0 Å². The molecule has 4 rings (SSSR count). The Morgan fingerprint density at radius 1 is 0.700 bits per heavy atom. The molecule has 0 unspecified atom stereocenters. The fraction of sp³-hybridized carbons (Fsp3) is 0.381. The lowest BCUT2D eigenvalue weighted by Crippen LogP contribution is -2.50. The van der Waals surface area contributed by atoms with Gasteiger partial charge in [0.25, 0.3) is 0 Å². The second kappa shape index (κ2) is 8.12. The van der Waals surface area contributed by atoms with Crippen LogP contribution in [0, 0.1) is 11.3 Å². The minimum atomic E-state index is -3.73. The molecule has 1 aliphatic heterocycles. The standard InChI is InChI=1S/C21H23N3O4S2/c22-16-17-5-8-20(9-6-17)29(25,26)23-11-13-24(14-12-23)30(27,28)21-10-7-18-3-1-2-4-19(18)15-21/h5-10,15H,1-4,11-14H2. The van der Waals surface area contributed by atoms with Crippen LogP contribution in [0.25, 0.3) is 0 Å². The number of fused-ring (bicyclic) bond motifs is 1. The normalized spacial score (nSPS) is 18.5. The van der Waals surface area contributed by atoms with Crippen LogP contribution in [-0.4, -0.2) is 51.6 Å². The first-order chi connectivity index (χ1) is 14.3. The van der Waals surface area contributed by atoms with E-state index in [2.05, 4.69) is 0 Å². The largest absolute Gasteiger partial charge is 0.243 e. The van der Waals surface area contributed by atoms with Gasteiger partial charge in [0.2, 0.25) is 20.0 Å². The molecule has 7 nitrogen and oxygen atoms in total. The van der Waals surface area contributed by atoms with Crippen molar-refractivity contribution >= 4 is 20.0 Å². The first-order valence-electron chi connectivity index (χ1n) is 9.95. The Morgan fingerprint density at radius 2 is 1.20 bits per heavy atom. The van der Waals surface area contributed by atoms with Crippen molar-refractivity contribution in [3.05, 3.63) is 59.2 Å². The number of nitriles is 1. The van der Waals surface area contributed by atoms with Gasteiger partial charge in [0.1, 0.15) is 0 Å². The van der Waals surface area contributed by atoms with E-state index in [9.17, 15) is 16.8 Å². The predicted molar refractivity (Wildman–Crippen MR) is 112 cm³/mol. The SMILES string of the molecule is N#Cc1ccc(S(=O)(=O)N2CCN(S(=O)(=O)c3ccc4c(c3)CCCC4)CC2)cc1. The van der Waals surface area contributed by atoms with Crippen LogP contribution in [0.5, 0.6) is 0 Å². The number of piperazine rings is 1. The molecule has 2 aliphatic rings. The van der Waals surface area contributed by atoms with Crippen LogP contribution in [-0.2, 0) is 32.9 Å². The summed E-state index contributed by atoms with van der Waals surface area (Å²) in [4.78, 5) is 0.388. The van der Waals surface area contributed by atoms with Gasteiger partial charge in [-0.15, -0.1) is 0 Å². The van der Waals surface area contributed by atoms with Crippen molar-refractivity contribution in [2.45, 2.75) is 35.5 Å². The zero-order valence-electron chi connectivity index (χ0n) is 16.5. The van der Waals surface area contributed by atoms with E-state index in [1.165, 1.54) is 38.4 Å². The Hall–Kier alpha value is -2.25. The molecule has 2 aromatic carbocycles. The van der Waals surface area contributed by atoms with E-state index in [1.54, 1.807) is 12.1 Å². The smallest absolute Gasteiger partial charge is 0.207 e. The first kappa shape index (κ1) is 21.0. The Labute approximate surface area is 177 Å². The molecule has 0 saturated carbocycles. The summed E-state index contributed by atoms with van der Waals surface area (Å²) in [6.07, 6.45) is 4.09. The third-order valence-electron chi connectivity index (χ3n) is 5.78. The molecule has 9 heteroatoms. The van der Waals surface area contributed by atoms with Gasteiger partial charge >= 0.3 is 0 Å². The Balaban J connectivity index is 1.49. The Kier molecular flexibility index (Phi) is 5.68. The van der Waals surface area contributed by atoms with Crippen molar-refractivity contribution in [3.63, 3.8) is 0 Å². The molecule has 1 aliphatic carbocycles. The molecule has 1 saturated heterocycles. The molecule has 0 spiro atoms. The quantitative estimate of drug-likeness (QED) is 0.718. The lowest BCUT2D eigenvalue weighted by molar-refractivity contribution is 0.273. The summed E-state index contributed by atoms with van der Waals surface area (Å²) in [6, 6.07) is 13.1. The lowest BCUT2D eigenvalue weighted by Gasteiger charge is -2.33. The van der Waals surface area contributed by atoms with Gasteiger partial charge in [-0.3, -0.25) is 0 Å². The third kappa shape index (κ3) is 3.88. The molecule has 158 valence electrons. The lowest BCUT2D eigenvalue weighted by atomic mass is 9.92. The maximum Gasteiger partial charge on any atom is 0.243 e. The fourth-order valence-corrected chi connectivity index (χ4v) is 6.92. The summed E-state index contributed by atoms with van der Waals surface area (Å²) >= 11 is 0. The molecule has 0 bridgehead atoms. The number of sulfonamides is 2. The summed E-state index contributed by atoms with van der Waals surface area (Å²) in [5.74, 6) is 0. The fourth-order valence-electron chi connectivity index (χ4n) is 4.02. The van der Waals surface area contributed by atoms with Gasteiger partial charge in [-0.2, -0.15) is 13.9 Å². The van der Waals surface area contributed by atoms with Crippen LogP contribution in [0.3, 0.4) is 0 Å². The highest BCUT2D eigenvalue weighted by atomic mass is 32.2. The predicted octanol–water partition coefficient (Wildman–Crippen LogP) is 2.13. The van der Waals surface area contributed by atoms with Gasteiger partial charge in [0, 0.05) is 26.2 Å². The van der Waals surface area contributed by atoms with Crippen molar-refractivity contribution in [1.29, 1.82) is 5.26 Å². The van der Waals surface area contributed by atoms with Crippen LogP contribution in [0.15, 0.2) is 52.3 Å². The summed E-state index contributed by atoms with van der Waals surface area (Å²) in [5, 5.41) is 8.87. The van der Waals surface area contributed by atoms with Crippen molar-refractivity contribution in [2.24, 2.45) is 0 Å². The highest BCUT2D eigenvalue weighted by Crippen LogP contribution is 2.27. The van der Waals surface area contributed by atoms with E-state index in [-0.39, 0.29) is 36.0 Å². The van der Waals surface area contributed by atoms with E-state index in [0.717, 1.165) is 31.2 Å². The Morgan fingerprint density at radius 3 is 1.77 bits per heavy atom. The van der Waals surface area contributed by atoms with Crippen LogP contribution in [0.1, 0.15) is 29.5 Å². The van der Waals surface area contributed by atoms with Crippen molar-refractivity contribution in [3.8, 4) is 6.07 Å². The van der Waals surface area contributed by atoms with Gasteiger partial charge in [-0.25, -0.2) is 16.8 Å². The number of nitrogens with zero attached hydrogens (tertiary/aromatic N) is 3. The van der Waals surface area contributed by atoms with Gasteiger partial charge in [-0.05, 0) is 73.2 Å². The maximum absolute atomic E-state index is 13.1. The molecule has 0 amide bonds. The van der Waals surface area contributed by atoms with Crippen molar-refractivity contribution in [2.75, 3.05) is 26.2 Å². The monoisotopic (exact) mass is 445 g/mol. The summed E-state index contributed by atoms with van der Waals surface area (Å²) in [6.45, 7) is 0.392. The van der Waals surface area contributed by atoms with Gasteiger partial charge in [-0.1, -0.05) is 6.07 Å². The van der Waals surface area contributed by atoms with E-state index in [1.807, 2.05) is 12.1 Å². The van der Waals surface area contributed by atoms with Crippen LogP contribution in [0.2, 0.25) is 0 Å². The second-order valence-corrected chi connectivity index (χ2v) is 11.5. The zero-order chi connectivity index (χ0) is 21.4. The van der Waals surface area contributed by atoms with Crippen LogP contribution in [0.4, 0.5) is 0 Å². The maximum atomic E-state index is 13.1. The highest BCUT2D eigenvalue weighted by Gasteiger charge is 2.34. The van der Waals surface area contributed by atoms with Crippen molar-refractivity contribution < 1.29 is 16.8 Å². The minimum absolute atomic E-state index is 0.0898. The van der Waals surface area contributed by atoms with E-state index in [4.69, 9.17) is 5.26 Å². The number of aryl methyl sites for hydroxylation is 2. The third-order valence-corrected chi connectivity index (χ3v) is 9.58. The molecule has 2 aromatic rings. The summed E-state index contributed by atoms with van der Waals surface area (Å²) in [5.41, 5.74) is 2.71.